The van der Waals surface area contributed by atoms with Gasteiger partial charge < -0.3 is 5.32 Å². The molecule has 1 N–H and O–H groups in total. The highest BCUT2D eigenvalue weighted by Crippen LogP contribution is 2.41. The lowest BCUT2D eigenvalue weighted by molar-refractivity contribution is 0.578. The van der Waals surface area contributed by atoms with Gasteiger partial charge in [0.25, 0.3) is 10.0 Å². The molecule has 0 saturated carbocycles. The van der Waals surface area contributed by atoms with Gasteiger partial charge in [0.05, 0.1) is 10.6 Å². The highest BCUT2D eigenvalue weighted by Gasteiger charge is 2.33. The third-order valence-electron chi connectivity index (χ3n) is 4.95. The Morgan fingerprint density at radius 3 is 2.46 bits per heavy atom. The van der Waals surface area contributed by atoms with Gasteiger partial charge in [-0.2, -0.15) is 0 Å². The second-order valence-electron chi connectivity index (χ2n) is 6.39. The molecule has 1 aromatic heterocycles. The van der Waals surface area contributed by atoms with E-state index in [2.05, 4.69) is 5.32 Å². The summed E-state index contributed by atoms with van der Waals surface area (Å²) in [6.07, 6.45) is 3.23. The summed E-state index contributed by atoms with van der Waals surface area (Å²) in [6, 6.07) is 14.6. The van der Waals surface area contributed by atoms with Crippen molar-refractivity contribution >= 4 is 10.0 Å². The number of nitrogens with one attached hydrogen (secondary N) is 1. The summed E-state index contributed by atoms with van der Waals surface area (Å²) >= 11 is 0. The normalized spacial score (nSPS) is 16.6. The first-order valence-electron chi connectivity index (χ1n) is 8.51. The lowest BCUT2D eigenvalue weighted by atomic mass is 10.1. The maximum absolute atomic E-state index is 14.5. The van der Waals surface area contributed by atoms with Crippen LogP contribution >= 0.6 is 0 Å². The minimum Gasteiger partial charge on any atom is -0.313 e. The van der Waals surface area contributed by atoms with Crippen molar-refractivity contribution in [2.45, 2.75) is 23.8 Å². The molecule has 1 aliphatic rings. The molecule has 0 bridgehead atoms. The number of benzene rings is 2. The molecule has 0 saturated heterocycles. The fraction of sp³-hybridized carbons (Fsp3) is 0.200. The molecular formula is C20H19FN2O2S. The molecule has 1 aliphatic carbocycles. The Morgan fingerprint density at radius 1 is 1.08 bits per heavy atom. The van der Waals surface area contributed by atoms with Crippen LogP contribution in [-0.4, -0.2) is 19.4 Å². The molecule has 0 spiro atoms. The lowest BCUT2D eigenvalue weighted by Gasteiger charge is -2.13. The first kappa shape index (κ1) is 17.0. The second kappa shape index (κ2) is 6.37. The number of fused-ring (bicyclic) bond motifs is 1. The van der Waals surface area contributed by atoms with E-state index in [0.29, 0.717) is 17.7 Å². The molecule has 134 valence electrons. The minimum absolute atomic E-state index is 0.0720. The Hall–Kier alpha value is -2.44. The molecule has 1 atom stereocenters. The zero-order valence-electron chi connectivity index (χ0n) is 14.3. The fourth-order valence-electron chi connectivity index (χ4n) is 3.68. The molecule has 0 radical (unpaired) electrons. The Labute approximate surface area is 152 Å². The van der Waals surface area contributed by atoms with Crippen LogP contribution in [0.15, 0.2) is 65.7 Å². The molecular weight excluding hydrogens is 351 g/mol. The summed E-state index contributed by atoms with van der Waals surface area (Å²) in [4.78, 5) is 0.187. The largest absolute Gasteiger partial charge is 0.313 e. The maximum atomic E-state index is 14.5. The quantitative estimate of drug-likeness (QED) is 0.761. The van der Waals surface area contributed by atoms with Crippen LogP contribution in [0, 0.1) is 5.82 Å². The predicted molar refractivity (Wildman–Crippen MR) is 99.0 cm³/mol. The molecule has 0 amide bonds. The van der Waals surface area contributed by atoms with Crippen molar-refractivity contribution in [1.82, 2.24) is 9.29 Å². The van der Waals surface area contributed by atoms with Crippen LogP contribution in [0.3, 0.4) is 0 Å². The van der Waals surface area contributed by atoms with E-state index < -0.39 is 15.8 Å². The number of aromatic nitrogens is 1. The van der Waals surface area contributed by atoms with Crippen LogP contribution in [0.1, 0.15) is 23.6 Å². The molecule has 2 aromatic carbocycles. The zero-order chi connectivity index (χ0) is 18.3. The van der Waals surface area contributed by atoms with E-state index >= 15 is 0 Å². The van der Waals surface area contributed by atoms with Gasteiger partial charge in [-0.1, -0.05) is 30.3 Å². The monoisotopic (exact) mass is 370 g/mol. The molecule has 1 heterocycles. The standard InChI is InChI=1S/C20H19FN2O2S/c1-22-19-12-11-15-17(19)13-23(20(15)16-9-5-6-10-18(16)21)26(24,25)14-7-3-2-4-8-14/h2-10,13,19,22H,11-12H2,1H3. The molecule has 3 aromatic rings. The van der Waals surface area contributed by atoms with Gasteiger partial charge in [-0.05, 0) is 55.3 Å². The van der Waals surface area contributed by atoms with Crippen LogP contribution in [-0.2, 0) is 16.4 Å². The van der Waals surface area contributed by atoms with E-state index in [-0.39, 0.29) is 10.9 Å². The lowest BCUT2D eigenvalue weighted by Crippen LogP contribution is -2.16. The van der Waals surface area contributed by atoms with E-state index in [1.165, 1.54) is 10.0 Å². The van der Waals surface area contributed by atoms with Crippen molar-refractivity contribution in [3.63, 3.8) is 0 Å². The van der Waals surface area contributed by atoms with Crippen molar-refractivity contribution in [3.05, 3.63) is 77.7 Å². The van der Waals surface area contributed by atoms with Gasteiger partial charge in [-0.15, -0.1) is 0 Å². The Kier molecular flexibility index (Phi) is 4.17. The molecule has 0 aliphatic heterocycles. The summed E-state index contributed by atoms with van der Waals surface area (Å²) in [5.74, 6) is -0.425. The van der Waals surface area contributed by atoms with Crippen molar-refractivity contribution in [2.24, 2.45) is 0 Å². The van der Waals surface area contributed by atoms with Crippen LogP contribution in [0.4, 0.5) is 4.39 Å². The molecule has 26 heavy (non-hydrogen) atoms. The Balaban J connectivity index is 2.01. The highest BCUT2D eigenvalue weighted by molar-refractivity contribution is 7.90. The average Bonchev–Trinajstić information content (AvgIpc) is 3.22. The highest BCUT2D eigenvalue weighted by atomic mass is 32.2. The predicted octanol–water partition coefficient (Wildman–Crippen LogP) is 3.74. The number of hydrogen-bond acceptors (Lipinski definition) is 3. The van der Waals surface area contributed by atoms with E-state index in [9.17, 15) is 12.8 Å². The summed E-state index contributed by atoms with van der Waals surface area (Å²) in [5, 5.41) is 3.22. The van der Waals surface area contributed by atoms with Crippen LogP contribution in [0.2, 0.25) is 0 Å². The second-order valence-corrected chi connectivity index (χ2v) is 8.20. The topological polar surface area (TPSA) is 51.1 Å². The van der Waals surface area contributed by atoms with E-state index in [4.69, 9.17) is 0 Å². The summed E-state index contributed by atoms with van der Waals surface area (Å²) in [6.45, 7) is 0. The number of rotatable bonds is 4. The van der Waals surface area contributed by atoms with Crippen molar-refractivity contribution < 1.29 is 12.8 Å². The average molecular weight is 370 g/mol. The van der Waals surface area contributed by atoms with E-state index in [1.54, 1.807) is 54.7 Å². The van der Waals surface area contributed by atoms with Crippen molar-refractivity contribution in [2.75, 3.05) is 7.05 Å². The van der Waals surface area contributed by atoms with Crippen molar-refractivity contribution in [3.8, 4) is 11.3 Å². The van der Waals surface area contributed by atoms with Gasteiger partial charge in [0.15, 0.2) is 0 Å². The van der Waals surface area contributed by atoms with Crippen LogP contribution in [0.5, 0.6) is 0 Å². The first-order chi connectivity index (χ1) is 12.5. The Morgan fingerprint density at radius 2 is 1.77 bits per heavy atom. The third-order valence-corrected chi connectivity index (χ3v) is 6.62. The van der Waals surface area contributed by atoms with Crippen LogP contribution in [0.25, 0.3) is 11.3 Å². The third kappa shape index (κ3) is 2.57. The maximum Gasteiger partial charge on any atom is 0.268 e. The number of halogens is 1. The van der Waals surface area contributed by atoms with Gasteiger partial charge >= 0.3 is 0 Å². The van der Waals surface area contributed by atoms with Gasteiger partial charge in [-0.25, -0.2) is 16.8 Å². The number of nitrogens with zero attached hydrogens (tertiary/aromatic N) is 1. The smallest absolute Gasteiger partial charge is 0.268 e. The molecule has 4 nitrogen and oxygen atoms in total. The SMILES string of the molecule is CNC1CCc2c1cn(S(=O)(=O)c1ccccc1)c2-c1ccccc1F. The van der Waals surface area contributed by atoms with Gasteiger partial charge in [-0.3, -0.25) is 0 Å². The molecule has 0 fully saturated rings. The minimum atomic E-state index is -3.82. The van der Waals surface area contributed by atoms with Gasteiger partial charge in [0.2, 0.25) is 0 Å². The summed E-state index contributed by atoms with van der Waals surface area (Å²) < 4.78 is 42.3. The zero-order valence-corrected chi connectivity index (χ0v) is 15.1. The van der Waals surface area contributed by atoms with Gasteiger partial charge in [0.1, 0.15) is 5.82 Å². The van der Waals surface area contributed by atoms with E-state index in [0.717, 1.165) is 17.5 Å². The van der Waals surface area contributed by atoms with Crippen molar-refractivity contribution in [1.29, 1.82) is 0 Å². The van der Waals surface area contributed by atoms with E-state index in [1.807, 2.05) is 7.05 Å². The van der Waals surface area contributed by atoms with Gasteiger partial charge in [0, 0.05) is 17.8 Å². The Bertz CT molecular complexity index is 1060. The summed E-state index contributed by atoms with van der Waals surface area (Å²) in [5.41, 5.74) is 2.56. The van der Waals surface area contributed by atoms with Crippen LogP contribution < -0.4 is 5.32 Å². The fourth-order valence-corrected chi connectivity index (χ4v) is 5.11. The first-order valence-corrected chi connectivity index (χ1v) is 9.95. The molecule has 4 rings (SSSR count). The summed E-state index contributed by atoms with van der Waals surface area (Å²) in [7, 11) is -1.97. The molecule has 6 heteroatoms. The number of hydrogen-bond donors (Lipinski definition) is 1. The molecule has 1 unspecified atom stereocenters.